The summed E-state index contributed by atoms with van der Waals surface area (Å²) >= 11 is 3.68. The Balaban J connectivity index is 1.27. The largest absolute Gasteiger partial charge is 0.436 e. The molecule has 0 aliphatic heterocycles. The number of rotatable bonds is 3. The molecule has 4 heteroatoms. The number of benzene rings is 6. The second kappa shape index (κ2) is 8.69. The zero-order valence-electron chi connectivity index (χ0n) is 20.8. The fourth-order valence-corrected chi connectivity index (χ4v) is 5.94. The van der Waals surface area contributed by atoms with E-state index in [1.807, 2.05) is 24.3 Å². The summed E-state index contributed by atoms with van der Waals surface area (Å²) in [5, 5.41) is 4.84. The molecule has 0 spiro atoms. The summed E-state index contributed by atoms with van der Waals surface area (Å²) in [4.78, 5) is 4.73. The van der Waals surface area contributed by atoms with Crippen LogP contribution in [0.1, 0.15) is 0 Å². The van der Waals surface area contributed by atoms with Crippen molar-refractivity contribution in [3.8, 4) is 28.3 Å². The van der Waals surface area contributed by atoms with Crippen LogP contribution in [-0.2, 0) is 0 Å². The van der Waals surface area contributed by atoms with Gasteiger partial charge in [-0.2, -0.15) is 0 Å². The Morgan fingerprint density at radius 2 is 1.26 bits per heavy atom. The molecule has 2 heterocycles. The molecule has 8 rings (SSSR count). The van der Waals surface area contributed by atoms with Gasteiger partial charge in [-0.05, 0) is 88.6 Å². The van der Waals surface area contributed by atoms with Crippen molar-refractivity contribution < 1.29 is 4.42 Å². The van der Waals surface area contributed by atoms with E-state index in [0.717, 1.165) is 43.2 Å². The molecule has 0 saturated heterocycles. The summed E-state index contributed by atoms with van der Waals surface area (Å²) < 4.78 is 9.46. The monoisotopic (exact) mass is 564 g/mol. The van der Waals surface area contributed by atoms with Crippen LogP contribution in [0.25, 0.3) is 71.9 Å². The van der Waals surface area contributed by atoms with E-state index in [1.54, 1.807) is 0 Å². The van der Waals surface area contributed by atoms with E-state index in [0.29, 0.717) is 5.89 Å². The van der Waals surface area contributed by atoms with Crippen molar-refractivity contribution in [2.45, 2.75) is 0 Å². The molecule has 6 aromatic carbocycles. The number of halogens is 1. The minimum atomic E-state index is 0.633. The Hall–Kier alpha value is -4.67. The van der Waals surface area contributed by atoms with Gasteiger partial charge in [-0.3, -0.25) is 0 Å². The topological polar surface area (TPSA) is 31.0 Å². The van der Waals surface area contributed by atoms with E-state index in [9.17, 15) is 0 Å². The van der Waals surface area contributed by atoms with Crippen LogP contribution < -0.4 is 0 Å². The first-order valence-electron chi connectivity index (χ1n) is 12.9. The highest BCUT2D eigenvalue weighted by atomic mass is 79.9. The molecule has 39 heavy (non-hydrogen) atoms. The molecule has 2 aromatic heterocycles. The third-order valence-corrected chi connectivity index (χ3v) is 7.97. The highest BCUT2D eigenvalue weighted by molar-refractivity contribution is 9.10. The Labute approximate surface area is 233 Å². The van der Waals surface area contributed by atoms with Gasteiger partial charge in [-0.1, -0.05) is 76.6 Å². The molecule has 0 aliphatic rings. The van der Waals surface area contributed by atoms with Gasteiger partial charge in [0, 0.05) is 26.5 Å². The lowest BCUT2D eigenvalue weighted by atomic mass is 10.0. The molecule has 8 aromatic rings. The third kappa shape index (κ3) is 3.68. The number of nitrogens with zero attached hydrogens (tertiary/aromatic N) is 2. The normalized spacial score (nSPS) is 11.7. The standard InChI is InChI=1S/C35H21BrN2O/c36-27-14-18-33-30(21-27)29-20-26(35-37-31-7-3-4-8-34(31)39-35)13-17-32(29)38(33)28-15-11-23(12-16-28)25-10-9-22-5-1-2-6-24(22)19-25/h1-21H. The second-order valence-electron chi connectivity index (χ2n) is 9.82. The van der Waals surface area contributed by atoms with E-state index in [2.05, 4.69) is 124 Å². The Bertz CT molecular complexity index is 2150. The van der Waals surface area contributed by atoms with Gasteiger partial charge in [0.25, 0.3) is 0 Å². The van der Waals surface area contributed by atoms with E-state index in [1.165, 1.54) is 27.3 Å². The summed E-state index contributed by atoms with van der Waals surface area (Å²) in [5.74, 6) is 0.633. The second-order valence-corrected chi connectivity index (χ2v) is 10.7. The van der Waals surface area contributed by atoms with Crippen molar-refractivity contribution >= 4 is 59.6 Å². The first kappa shape index (κ1) is 22.3. The minimum absolute atomic E-state index is 0.633. The highest BCUT2D eigenvalue weighted by Gasteiger charge is 2.16. The van der Waals surface area contributed by atoms with Gasteiger partial charge in [0.05, 0.1) is 11.0 Å². The Morgan fingerprint density at radius 3 is 2.10 bits per heavy atom. The highest BCUT2D eigenvalue weighted by Crippen LogP contribution is 2.37. The maximum atomic E-state index is 6.09. The first-order chi connectivity index (χ1) is 19.2. The van der Waals surface area contributed by atoms with Crippen LogP contribution in [0.15, 0.2) is 136 Å². The lowest BCUT2D eigenvalue weighted by molar-refractivity contribution is 0.620. The number of fused-ring (bicyclic) bond motifs is 5. The van der Waals surface area contributed by atoms with Crippen LogP contribution in [0.5, 0.6) is 0 Å². The molecular weight excluding hydrogens is 544 g/mol. The fraction of sp³-hybridized carbons (Fsp3) is 0. The molecule has 0 N–H and O–H groups in total. The summed E-state index contributed by atoms with van der Waals surface area (Å²) in [6, 6.07) is 44.8. The molecule has 0 aliphatic carbocycles. The molecule has 0 amide bonds. The van der Waals surface area contributed by atoms with Gasteiger partial charge in [0.1, 0.15) is 5.52 Å². The summed E-state index contributed by atoms with van der Waals surface area (Å²) in [6.07, 6.45) is 0. The number of hydrogen-bond donors (Lipinski definition) is 0. The van der Waals surface area contributed by atoms with E-state index in [-0.39, 0.29) is 0 Å². The number of hydrogen-bond acceptors (Lipinski definition) is 2. The van der Waals surface area contributed by atoms with Crippen molar-refractivity contribution in [3.05, 3.63) is 132 Å². The number of aromatic nitrogens is 2. The van der Waals surface area contributed by atoms with Crippen molar-refractivity contribution in [2.75, 3.05) is 0 Å². The van der Waals surface area contributed by atoms with Gasteiger partial charge >= 0.3 is 0 Å². The van der Waals surface area contributed by atoms with Crippen LogP contribution in [-0.4, -0.2) is 9.55 Å². The molecular formula is C35H21BrN2O. The van der Waals surface area contributed by atoms with Crippen molar-refractivity contribution in [3.63, 3.8) is 0 Å². The van der Waals surface area contributed by atoms with E-state index < -0.39 is 0 Å². The lowest BCUT2D eigenvalue weighted by Gasteiger charge is -2.10. The summed E-state index contributed by atoms with van der Waals surface area (Å²) in [7, 11) is 0. The average Bonchev–Trinajstić information content (AvgIpc) is 3.56. The van der Waals surface area contributed by atoms with Crippen molar-refractivity contribution in [1.82, 2.24) is 9.55 Å². The quantitative estimate of drug-likeness (QED) is 0.213. The van der Waals surface area contributed by atoms with Gasteiger partial charge < -0.3 is 8.98 Å². The zero-order chi connectivity index (χ0) is 25.9. The van der Waals surface area contributed by atoms with Crippen LogP contribution in [0.4, 0.5) is 0 Å². The lowest BCUT2D eigenvalue weighted by Crippen LogP contribution is -1.93. The van der Waals surface area contributed by atoms with Gasteiger partial charge in [0.2, 0.25) is 5.89 Å². The van der Waals surface area contributed by atoms with Crippen LogP contribution in [0, 0.1) is 0 Å². The minimum Gasteiger partial charge on any atom is -0.436 e. The van der Waals surface area contributed by atoms with Gasteiger partial charge in [-0.25, -0.2) is 4.98 Å². The SMILES string of the molecule is Brc1ccc2c(c1)c1cc(-c3nc4ccccc4o3)ccc1n2-c1ccc(-c2ccc3ccccc3c2)cc1. The van der Waals surface area contributed by atoms with E-state index >= 15 is 0 Å². The molecule has 0 fully saturated rings. The predicted octanol–water partition coefficient (Wildman–Crippen LogP) is 10.2. The van der Waals surface area contributed by atoms with Crippen LogP contribution >= 0.6 is 15.9 Å². The molecule has 184 valence electrons. The van der Waals surface area contributed by atoms with Gasteiger partial charge in [0.15, 0.2) is 5.58 Å². The number of para-hydroxylation sites is 2. The molecule has 3 nitrogen and oxygen atoms in total. The molecule has 0 unspecified atom stereocenters. The van der Waals surface area contributed by atoms with Crippen molar-refractivity contribution in [1.29, 1.82) is 0 Å². The Kier molecular flexibility index (Phi) is 4.97. The van der Waals surface area contributed by atoms with Crippen LogP contribution in [0.3, 0.4) is 0 Å². The third-order valence-electron chi connectivity index (χ3n) is 7.48. The molecule has 0 saturated carbocycles. The molecule has 0 radical (unpaired) electrons. The summed E-state index contributed by atoms with van der Waals surface area (Å²) in [6.45, 7) is 0. The molecule has 0 bridgehead atoms. The van der Waals surface area contributed by atoms with Crippen molar-refractivity contribution in [2.24, 2.45) is 0 Å². The van der Waals surface area contributed by atoms with E-state index in [4.69, 9.17) is 9.40 Å². The van der Waals surface area contributed by atoms with Crippen LogP contribution in [0.2, 0.25) is 0 Å². The maximum Gasteiger partial charge on any atom is 0.227 e. The number of oxazole rings is 1. The first-order valence-corrected chi connectivity index (χ1v) is 13.7. The fourth-order valence-electron chi connectivity index (χ4n) is 5.57. The predicted molar refractivity (Wildman–Crippen MR) is 164 cm³/mol. The average molecular weight is 565 g/mol. The summed E-state index contributed by atoms with van der Waals surface area (Å²) in [5.41, 5.74) is 8.46. The smallest absolute Gasteiger partial charge is 0.227 e. The van der Waals surface area contributed by atoms with Gasteiger partial charge in [-0.15, -0.1) is 0 Å². The maximum absolute atomic E-state index is 6.09. The Morgan fingerprint density at radius 1 is 0.564 bits per heavy atom. The zero-order valence-corrected chi connectivity index (χ0v) is 22.4. The molecule has 0 atom stereocenters.